The molecule has 3 nitrogen and oxygen atoms in total. The summed E-state index contributed by atoms with van der Waals surface area (Å²) in [6, 6.07) is 0. The van der Waals surface area contributed by atoms with Crippen LogP contribution in [0, 0.1) is 0 Å². The van der Waals surface area contributed by atoms with E-state index in [1.165, 1.54) is 5.98 Å². The summed E-state index contributed by atoms with van der Waals surface area (Å²) in [5.74, 6) is 1.36. The number of ether oxygens (including phenoxy) is 1. The van der Waals surface area contributed by atoms with Gasteiger partial charge in [-0.1, -0.05) is 0 Å². The molecule has 0 aliphatic heterocycles. The Hall–Kier alpha value is 0.0500. The lowest BCUT2D eigenvalue weighted by Gasteiger charge is -1.82. The van der Waals surface area contributed by atoms with Crippen molar-refractivity contribution < 1.29 is 14.7 Å². The molecule has 0 aliphatic carbocycles. The Bertz CT molecular complexity index is 54.1. The van der Waals surface area contributed by atoms with Crippen molar-refractivity contribution in [2.24, 2.45) is 0 Å². The monoisotopic (exact) mass is 122 g/mol. The first kappa shape index (κ1) is 7.05. The maximum atomic E-state index is 7.67. The second-order valence-electron chi connectivity index (χ2n) is 0.748. The molecule has 0 amide bonds. The Morgan fingerprint density at radius 2 is 2.57 bits per heavy atom. The molecule has 4 heteroatoms. The van der Waals surface area contributed by atoms with Crippen LogP contribution in [-0.2, 0) is 9.41 Å². The Balaban J connectivity index is 2.78. The van der Waals surface area contributed by atoms with E-state index in [0.717, 1.165) is 0 Å². The van der Waals surface area contributed by atoms with Gasteiger partial charge in [-0.25, -0.2) is 5.26 Å². The molecule has 42 valence electrons. The highest BCUT2D eigenvalue weighted by molar-refractivity contribution is 7.32. The lowest BCUT2D eigenvalue weighted by Crippen LogP contribution is -1.80. The third kappa shape index (κ3) is 6.05. The Morgan fingerprint density at radius 3 is 3.00 bits per heavy atom. The summed E-state index contributed by atoms with van der Waals surface area (Å²) < 4.78 is 8.29. The van der Waals surface area contributed by atoms with Crippen LogP contribution in [0.3, 0.4) is 0 Å². The molecule has 0 atom stereocenters. The zero-order valence-electron chi connectivity index (χ0n) is 4.00. The second-order valence-corrected chi connectivity index (χ2v) is 1.33. The van der Waals surface area contributed by atoms with Crippen molar-refractivity contribution in [2.45, 2.75) is 6.92 Å². The van der Waals surface area contributed by atoms with Gasteiger partial charge in [0.2, 0.25) is 0 Å². The molecule has 0 heterocycles. The van der Waals surface area contributed by atoms with Crippen LogP contribution in [0.5, 0.6) is 0 Å². The van der Waals surface area contributed by atoms with E-state index >= 15 is 0 Å². The standard InChI is InChI=1S/C3H7O3P/c1-2-5-3-7-6-4/h3-4H,2H2,1H3. The van der Waals surface area contributed by atoms with Crippen molar-refractivity contribution in [1.29, 1.82) is 0 Å². The van der Waals surface area contributed by atoms with Crippen LogP contribution in [0.1, 0.15) is 6.92 Å². The zero-order chi connectivity index (χ0) is 5.54. The molecule has 0 aliphatic rings. The minimum atomic E-state index is 0.336. The lowest BCUT2D eigenvalue weighted by molar-refractivity contribution is -0.119. The summed E-state index contributed by atoms with van der Waals surface area (Å²) in [5, 5.41) is 7.67. The first-order valence-corrected chi connectivity index (χ1v) is 2.74. The predicted molar refractivity (Wildman–Crippen MR) is 28.3 cm³/mol. The third-order valence-electron chi connectivity index (χ3n) is 0.331. The van der Waals surface area contributed by atoms with Gasteiger partial charge >= 0.3 is 0 Å². The van der Waals surface area contributed by atoms with Crippen molar-refractivity contribution in [3.63, 3.8) is 0 Å². The topological polar surface area (TPSA) is 38.7 Å². The van der Waals surface area contributed by atoms with Crippen LogP contribution in [0.2, 0.25) is 0 Å². The Morgan fingerprint density at radius 1 is 1.86 bits per heavy atom. The second kappa shape index (κ2) is 6.05. The van der Waals surface area contributed by atoms with Crippen LogP contribution in [0.15, 0.2) is 0 Å². The highest BCUT2D eigenvalue weighted by atomic mass is 31.1. The summed E-state index contributed by atoms with van der Waals surface area (Å²) in [6.45, 7) is 2.46. The van der Waals surface area contributed by atoms with Gasteiger partial charge in [-0.3, -0.25) is 0 Å². The van der Waals surface area contributed by atoms with Crippen LogP contribution in [0.4, 0.5) is 0 Å². The zero-order valence-corrected chi connectivity index (χ0v) is 4.89. The summed E-state index contributed by atoms with van der Waals surface area (Å²) >= 11 is 0. The smallest absolute Gasteiger partial charge is 0.124 e. The molecule has 0 aromatic carbocycles. The molecule has 0 spiro atoms. The number of hydrogen-bond acceptors (Lipinski definition) is 3. The van der Waals surface area contributed by atoms with E-state index in [-0.39, 0.29) is 0 Å². The molecule has 0 saturated carbocycles. The molecule has 0 aromatic heterocycles. The van der Waals surface area contributed by atoms with Gasteiger partial charge < -0.3 is 4.74 Å². The molecule has 0 radical (unpaired) electrons. The van der Waals surface area contributed by atoms with Crippen LogP contribution < -0.4 is 0 Å². The molecular formula is C3H7O3P. The summed E-state index contributed by atoms with van der Waals surface area (Å²) in [6.07, 6.45) is 0. The molecule has 7 heavy (non-hydrogen) atoms. The Kier molecular flexibility index (Phi) is 6.09. The van der Waals surface area contributed by atoms with Gasteiger partial charge in [0.25, 0.3) is 0 Å². The fraction of sp³-hybridized carbons (Fsp3) is 0.667. The fourth-order valence-corrected chi connectivity index (χ4v) is 0.373. The van der Waals surface area contributed by atoms with E-state index in [1.807, 2.05) is 6.92 Å². The third-order valence-corrected chi connectivity index (χ3v) is 0.661. The average molecular weight is 122 g/mol. The Labute approximate surface area is 43.7 Å². The first-order chi connectivity index (χ1) is 3.41. The SMILES string of the molecule is CCOC=POO. The minimum absolute atomic E-state index is 0.336. The normalized spacial score (nSPS) is 10.6. The first-order valence-electron chi connectivity index (χ1n) is 1.85. The van der Waals surface area contributed by atoms with Crippen molar-refractivity contribution in [2.75, 3.05) is 6.61 Å². The molecule has 0 aromatic rings. The van der Waals surface area contributed by atoms with Crippen LogP contribution in [0.25, 0.3) is 0 Å². The van der Waals surface area contributed by atoms with E-state index in [2.05, 4.69) is 9.41 Å². The van der Waals surface area contributed by atoms with Gasteiger partial charge in [0.15, 0.2) is 0 Å². The number of rotatable bonds is 3. The minimum Gasteiger partial charge on any atom is -0.347 e. The van der Waals surface area contributed by atoms with Crippen LogP contribution in [-0.4, -0.2) is 17.8 Å². The van der Waals surface area contributed by atoms with Crippen LogP contribution >= 0.6 is 8.43 Å². The number of hydrogen-bond donors (Lipinski definition) is 1. The maximum absolute atomic E-state index is 7.67. The summed E-state index contributed by atoms with van der Waals surface area (Å²) in [4.78, 5) is 0. The molecule has 0 unspecified atom stereocenters. The highest BCUT2D eigenvalue weighted by Gasteiger charge is 1.67. The van der Waals surface area contributed by atoms with Gasteiger partial charge in [-0.15, -0.1) is 0 Å². The van der Waals surface area contributed by atoms with Gasteiger partial charge in [0, 0.05) is 0 Å². The van der Waals surface area contributed by atoms with E-state index in [4.69, 9.17) is 5.26 Å². The highest BCUT2D eigenvalue weighted by Crippen LogP contribution is 1.89. The van der Waals surface area contributed by atoms with E-state index in [0.29, 0.717) is 15.0 Å². The van der Waals surface area contributed by atoms with E-state index in [9.17, 15) is 0 Å². The predicted octanol–water partition coefficient (Wildman–Crippen LogP) is 1.13. The largest absolute Gasteiger partial charge is 0.347 e. The van der Waals surface area contributed by atoms with Gasteiger partial charge in [0.05, 0.1) is 12.6 Å². The summed E-state index contributed by atoms with van der Waals surface area (Å²) in [7, 11) is 0.336. The molecule has 1 N–H and O–H groups in total. The quantitative estimate of drug-likeness (QED) is 0.346. The fourth-order valence-electron chi connectivity index (χ4n) is 0.124. The molecule has 0 bridgehead atoms. The van der Waals surface area contributed by atoms with Crippen molar-refractivity contribution in [3.05, 3.63) is 0 Å². The van der Waals surface area contributed by atoms with Gasteiger partial charge in [-0.2, -0.15) is 4.67 Å². The summed E-state index contributed by atoms with van der Waals surface area (Å²) in [5.41, 5.74) is 0. The molecular weight excluding hydrogens is 115 g/mol. The average Bonchev–Trinajstić information content (AvgIpc) is 1.69. The molecule has 0 rings (SSSR count). The lowest BCUT2D eigenvalue weighted by atomic mass is 10.9. The van der Waals surface area contributed by atoms with Crippen molar-refractivity contribution >= 4 is 14.4 Å². The maximum Gasteiger partial charge on any atom is 0.124 e. The van der Waals surface area contributed by atoms with Crippen molar-refractivity contribution in [1.82, 2.24) is 0 Å². The van der Waals surface area contributed by atoms with Gasteiger partial charge in [0.1, 0.15) is 8.43 Å². The molecule has 0 saturated heterocycles. The van der Waals surface area contributed by atoms with Gasteiger partial charge in [-0.05, 0) is 6.92 Å². The van der Waals surface area contributed by atoms with E-state index in [1.54, 1.807) is 0 Å². The van der Waals surface area contributed by atoms with E-state index < -0.39 is 0 Å². The molecule has 0 fully saturated rings. The van der Waals surface area contributed by atoms with Crippen molar-refractivity contribution in [3.8, 4) is 0 Å².